The number of nitrogens with zero attached hydrogens (tertiary/aromatic N) is 4. The van der Waals surface area contributed by atoms with Crippen molar-refractivity contribution in [1.29, 1.82) is 0 Å². The van der Waals surface area contributed by atoms with Crippen LogP contribution in [0, 0.1) is 40.5 Å². The molecular formula is H4CoN4O12. The number of rotatable bonds is 0. The molecule has 0 bridgehead atoms. The number of hydrogen-bond donors (Lipinski definition) is 4. The van der Waals surface area contributed by atoms with E-state index in [4.69, 9.17) is 61.3 Å². The van der Waals surface area contributed by atoms with Gasteiger partial charge in [0.15, 0.2) is 0 Å². The zero-order valence-electron chi connectivity index (χ0n) is 7.18. The SMILES string of the molecule is O=[N+]([O-])O.O=[N+]([O-])O.O=[N+]([O-])O.O=[N+]([O-])O.[Co]. The average molecular weight is 311 g/mol. The van der Waals surface area contributed by atoms with Gasteiger partial charge in [0.05, 0.1) is 0 Å². The Hall–Kier alpha value is -2.69. The van der Waals surface area contributed by atoms with Crippen molar-refractivity contribution < 1.29 is 58.0 Å². The summed E-state index contributed by atoms with van der Waals surface area (Å²) in [7, 11) is 0. The first-order chi connectivity index (χ1) is 6.93. The number of hydrogen-bond acceptors (Lipinski definition) is 8. The van der Waals surface area contributed by atoms with Crippen molar-refractivity contribution in [2.75, 3.05) is 0 Å². The smallest absolute Gasteiger partial charge is 0.291 e. The van der Waals surface area contributed by atoms with E-state index in [9.17, 15) is 0 Å². The van der Waals surface area contributed by atoms with E-state index in [0.29, 0.717) is 0 Å². The van der Waals surface area contributed by atoms with Crippen molar-refractivity contribution in [3.05, 3.63) is 40.5 Å². The van der Waals surface area contributed by atoms with E-state index in [0.717, 1.165) is 0 Å². The van der Waals surface area contributed by atoms with Crippen molar-refractivity contribution in [3.8, 4) is 0 Å². The molecule has 0 saturated heterocycles. The van der Waals surface area contributed by atoms with Crippen LogP contribution in [0.15, 0.2) is 0 Å². The Labute approximate surface area is 99.3 Å². The molecule has 0 saturated carbocycles. The average Bonchev–Trinajstić information content (AvgIpc) is 1.76. The summed E-state index contributed by atoms with van der Waals surface area (Å²) in [4.78, 5) is 33.4. The van der Waals surface area contributed by atoms with Gasteiger partial charge in [0.2, 0.25) is 0 Å². The van der Waals surface area contributed by atoms with Crippen LogP contribution in [-0.4, -0.2) is 41.2 Å². The summed E-state index contributed by atoms with van der Waals surface area (Å²) < 4.78 is 0. The minimum Gasteiger partial charge on any atom is -0.328 e. The molecule has 0 aliphatic carbocycles. The molecule has 0 aromatic carbocycles. The summed E-state index contributed by atoms with van der Waals surface area (Å²) in [5.41, 5.74) is 0. The Morgan fingerprint density at radius 1 is 0.529 bits per heavy atom. The third kappa shape index (κ3) is 234. The van der Waals surface area contributed by atoms with Crippen molar-refractivity contribution in [1.82, 2.24) is 0 Å². The van der Waals surface area contributed by atoms with Crippen LogP contribution in [0.25, 0.3) is 0 Å². The third-order valence-corrected chi connectivity index (χ3v) is 0. The molecule has 17 heavy (non-hydrogen) atoms. The molecule has 4 N–H and O–H groups in total. The molecule has 0 heterocycles. The van der Waals surface area contributed by atoms with E-state index in [1.807, 2.05) is 0 Å². The van der Waals surface area contributed by atoms with Gasteiger partial charge in [-0.05, 0) is 0 Å². The molecule has 16 nitrogen and oxygen atoms in total. The summed E-state index contributed by atoms with van der Waals surface area (Å²) in [5.74, 6) is 0. The van der Waals surface area contributed by atoms with Crippen molar-refractivity contribution in [2.24, 2.45) is 0 Å². The molecule has 0 amide bonds. The molecule has 105 valence electrons. The van der Waals surface area contributed by atoms with Gasteiger partial charge in [0.25, 0.3) is 20.3 Å². The predicted octanol–water partition coefficient (Wildman–Crippen LogP) is -1.39. The van der Waals surface area contributed by atoms with E-state index < -0.39 is 20.3 Å². The second-order valence-electron chi connectivity index (χ2n) is 0.951. The molecule has 0 aromatic rings. The standard InChI is InChI=1S/Co.4HNO3/c;4*2-1(3)4/h;4*(H,2,3,4). The Bertz CT molecular complexity index is 159. The maximum atomic E-state index is 8.36. The molecule has 0 aliphatic rings. The van der Waals surface area contributed by atoms with Gasteiger partial charge in [-0.1, -0.05) is 0 Å². The predicted molar refractivity (Wildman–Crippen MR) is 35.1 cm³/mol. The van der Waals surface area contributed by atoms with Gasteiger partial charge in [-0.2, -0.15) is 0 Å². The zero-order valence-corrected chi connectivity index (χ0v) is 8.22. The molecule has 0 fully saturated rings. The fraction of sp³-hybridized carbons (Fsp3) is 0. The Balaban J connectivity index is -0.0000000369. The fourth-order valence-corrected chi connectivity index (χ4v) is 0. The van der Waals surface area contributed by atoms with Crippen LogP contribution < -0.4 is 0 Å². The van der Waals surface area contributed by atoms with Crippen LogP contribution in [0.5, 0.6) is 0 Å². The van der Waals surface area contributed by atoms with Crippen molar-refractivity contribution >= 4 is 0 Å². The molecule has 1 radical (unpaired) electrons. The molecule has 0 spiro atoms. The van der Waals surface area contributed by atoms with Crippen LogP contribution in [0.1, 0.15) is 0 Å². The zero-order chi connectivity index (χ0) is 14.3. The normalized spacial score (nSPS) is 5.65. The molecule has 0 unspecified atom stereocenters. The third-order valence-electron chi connectivity index (χ3n) is 0. The monoisotopic (exact) mass is 311 g/mol. The van der Waals surface area contributed by atoms with Gasteiger partial charge in [0.1, 0.15) is 0 Å². The second kappa shape index (κ2) is 23.3. The quantitative estimate of drug-likeness (QED) is 0.297. The van der Waals surface area contributed by atoms with Crippen LogP contribution in [0.4, 0.5) is 0 Å². The minimum absolute atomic E-state index is 0. The van der Waals surface area contributed by atoms with Gasteiger partial charge in [-0.3, -0.25) is 0 Å². The second-order valence-corrected chi connectivity index (χ2v) is 0.951. The summed E-state index contributed by atoms with van der Waals surface area (Å²) in [6, 6.07) is 0. The van der Waals surface area contributed by atoms with Crippen LogP contribution >= 0.6 is 0 Å². The fourth-order valence-electron chi connectivity index (χ4n) is 0. The summed E-state index contributed by atoms with van der Waals surface area (Å²) >= 11 is 0. The van der Waals surface area contributed by atoms with Crippen molar-refractivity contribution in [2.45, 2.75) is 0 Å². The van der Waals surface area contributed by atoms with Crippen LogP contribution in [-0.2, 0) is 16.8 Å². The Morgan fingerprint density at radius 2 is 0.529 bits per heavy atom. The van der Waals surface area contributed by atoms with Crippen LogP contribution in [0.3, 0.4) is 0 Å². The summed E-state index contributed by atoms with van der Waals surface area (Å²) in [5, 5.41) is 54.6. The molecule has 0 aliphatic heterocycles. The maximum Gasteiger partial charge on any atom is 0.291 e. The summed E-state index contributed by atoms with van der Waals surface area (Å²) in [6.45, 7) is 0. The first-order valence-electron chi connectivity index (χ1n) is 2.26. The maximum absolute atomic E-state index is 8.36. The van der Waals surface area contributed by atoms with Gasteiger partial charge in [-0.15, -0.1) is 40.5 Å². The topological polar surface area (TPSA) is 253 Å². The van der Waals surface area contributed by atoms with E-state index in [2.05, 4.69) is 0 Å². The van der Waals surface area contributed by atoms with Gasteiger partial charge in [-0.25, -0.2) is 0 Å². The molecule has 0 atom stereocenters. The van der Waals surface area contributed by atoms with E-state index >= 15 is 0 Å². The first kappa shape index (κ1) is 29.2. The van der Waals surface area contributed by atoms with E-state index in [-0.39, 0.29) is 16.8 Å². The summed E-state index contributed by atoms with van der Waals surface area (Å²) in [6.07, 6.45) is 0. The molecule has 0 rings (SSSR count). The van der Waals surface area contributed by atoms with Gasteiger partial charge < -0.3 is 20.8 Å². The van der Waals surface area contributed by atoms with E-state index in [1.54, 1.807) is 0 Å². The van der Waals surface area contributed by atoms with Crippen molar-refractivity contribution in [3.63, 3.8) is 0 Å². The molecule has 0 aromatic heterocycles. The van der Waals surface area contributed by atoms with Gasteiger partial charge >= 0.3 is 0 Å². The van der Waals surface area contributed by atoms with Gasteiger partial charge in [0, 0.05) is 16.8 Å². The molecular weight excluding hydrogens is 307 g/mol. The van der Waals surface area contributed by atoms with Crippen LogP contribution in [0.2, 0.25) is 0 Å². The first-order valence-corrected chi connectivity index (χ1v) is 2.26. The van der Waals surface area contributed by atoms with E-state index in [1.165, 1.54) is 0 Å². The Morgan fingerprint density at radius 3 is 0.529 bits per heavy atom. The largest absolute Gasteiger partial charge is 0.328 e. The molecule has 17 heteroatoms. The minimum atomic E-state index is -1.50. The Kier molecular flexibility index (Phi) is 40.0.